The summed E-state index contributed by atoms with van der Waals surface area (Å²) in [6.07, 6.45) is 0. The maximum atomic E-state index is 9.65. The third-order valence-corrected chi connectivity index (χ3v) is 14.4. The van der Waals surface area contributed by atoms with E-state index in [4.69, 9.17) is 19.4 Å². The Labute approximate surface area is 404 Å². The second-order valence-corrected chi connectivity index (χ2v) is 18.2. The van der Waals surface area contributed by atoms with Crippen molar-refractivity contribution in [1.29, 1.82) is 5.26 Å². The molecule has 0 aliphatic heterocycles. The fourth-order valence-corrected chi connectivity index (χ4v) is 11.1. The Kier molecular flexibility index (Phi) is 8.80. The third kappa shape index (κ3) is 6.07. The fraction of sp³-hybridized carbons (Fsp3) is 0.0154. The number of benzene rings is 10. The van der Waals surface area contributed by atoms with Crippen LogP contribution in [-0.2, 0) is 5.41 Å². The molecular formula is C65H38N4O. The van der Waals surface area contributed by atoms with Gasteiger partial charge in [-0.15, -0.1) is 0 Å². The minimum Gasteiger partial charge on any atom is -0.456 e. The summed E-state index contributed by atoms with van der Waals surface area (Å²) >= 11 is 0. The molecule has 0 saturated carbocycles. The van der Waals surface area contributed by atoms with E-state index in [1.807, 2.05) is 48.5 Å². The maximum absolute atomic E-state index is 9.65. The SMILES string of the molecule is N#Cc1ccc2oc3ccc(-c4nc(-c5ccc(-c6ccccc6)cc5)nc(-c5ccc(-c6ccc(-c7ccc8c(c7)C7(c9ccccc9-c9ccccc97)c7ccccc7-8)cc6)cc5)n4)cc3c2c1. The summed E-state index contributed by atoms with van der Waals surface area (Å²) < 4.78 is 6.16. The van der Waals surface area contributed by atoms with Crippen molar-refractivity contribution in [1.82, 2.24) is 15.0 Å². The van der Waals surface area contributed by atoms with Gasteiger partial charge in [0.2, 0.25) is 0 Å². The lowest BCUT2D eigenvalue weighted by Gasteiger charge is -2.30. The van der Waals surface area contributed by atoms with Crippen LogP contribution in [-0.4, -0.2) is 15.0 Å². The Morgan fingerprint density at radius 2 is 0.700 bits per heavy atom. The Balaban J connectivity index is 0.815. The van der Waals surface area contributed by atoms with Crippen molar-refractivity contribution in [3.05, 3.63) is 258 Å². The minimum absolute atomic E-state index is 0.380. The van der Waals surface area contributed by atoms with Gasteiger partial charge in [0.25, 0.3) is 0 Å². The van der Waals surface area contributed by atoms with Crippen molar-refractivity contribution >= 4 is 21.9 Å². The second kappa shape index (κ2) is 15.5. The van der Waals surface area contributed by atoms with Gasteiger partial charge in [0, 0.05) is 27.5 Å². The van der Waals surface area contributed by atoms with Gasteiger partial charge in [0.15, 0.2) is 17.5 Å². The van der Waals surface area contributed by atoms with Crippen LogP contribution in [0.15, 0.2) is 235 Å². The standard InChI is InChI=1S/C65H38N4O/c66-39-40-18-34-60-54(36-40)55-37-49(32-35-61(55)70-60)64-68-62(46-27-23-42(24-28-46)41-10-2-1-3-11-41)67-63(69-64)47-29-25-44(26-30-47)43-19-21-45(22-20-43)48-31-33-53-52-14-6-9-17-58(52)65(59(53)38-48)56-15-7-4-12-50(56)51-13-5-8-16-57(51)65/h1-38H. The molecule has 2 aliphatic carbocycles. The summed E-state index contributed by atoms with van der Waals surface area (Å²) in [6, 6.07) is 83.7. The molecule has 0 radical (unpaired) electrons. The number of nitrogens with zero attached hydrogens (tertiary/aromatic N) is 4. The zero-order valence-electron chi connectivity index (χ0n) is 37.6. The van der Waals surface area contributed by atoms with Crippen LogP contribution in [0.3, 0.4) is 0 Å². The van der Waals surface area contributed by atoms with E-state index in [2.05, 4.69) is 182 Å². The molecule has 0 amide bonds. The Morgan fingerprint density at radius 1 is 0.314 bits per heavy atom. The number of fused-ring (bicyclic) bond motifs is 13. The molecule has 2 aromatic heterocycles. The molecule has 14 rings (SSSR count). The molecule has 2 aliphatic rings. The van der Waals surface area contributed by atoms with Gasteiger partial charge in [-0.2, -0.15) is 5.26 Å². The van der Waals surface area contributed by atoms with E-state index in [0.29, 0.717) is 23.0 Å². The largest absolute Gasteiger partial charge is 0.456 e. The van der Waals surface area contributed by atoms with Gasteiger partial charge >= 0.3 is 0 Å². The summed E-state index contributed by atoms with van der Waals surface area (Å²) in [6.45, 7) is 0. The highest BCUT2D eigenvalue weighted by atomic mass is 16.3. The predicted molar refractivity (Wildman–Crippen MR) is 281 cm³/mol. The molecule has 0 fully saturated rings. The zero-order valence-corrected chi connectivity index (χ0v) is 37.6. The third-order valence-electron chi connectivity index (χ3n) is 14.4. The van der Waals surface area contributed by atoms with Gasteiger partial charge in [0.1, 0.15) is 11.2 Å². The number of nitriles is 1. The van der Waals surface area contributed by atoms with Crippen LogP contribution < -0.4 is 0 Å². The lowest BCUT2D eigenvalue weighted by atomic mass is 9.70. The minimum atomic E-state index is -0.380. The molecule has 70 heavy (non-hydrogen) atoms. The Hall–Kier alpha value is -9.50. The van der Waals surface area contributed by atoms with Gasteiger partial charge in [-0.3, -0.25) is 0 Å². The summed E-state index contributed by atoms with van der Waals surface area (Å²) in [5, 5.41) is 11.4. The van der Waals surface area contributed by atoms with Crippen LogP contribution in [0.2, 0.25) is 0 Å². The molecule has 12 aromatic rings. The number of rotatable bonds is 6. The van der Waals surface area contributed by atoms with Crippen molar-refractivity contribution in [3.8, 4) is 95.9 Å². The van der Waals surface area contributed by atoms with Crippen molar-refractivity contribution in [3.63, 3.8) is 0 Å². The van der Waals surface area contributed by atoms with Crippen LogP contribution >= 0.6 is 0 Å². The van der Waals surface area contributed by atoms with Gasteiger partial charge in [0.05, 0.1) is 17.0 Å². The van der Waals surface area contributed by atoms with Crippen molar-refractivity contribution < 1.29 is 4.42 Å². The predicted octanol–water partition coefficient (Wildman–Crippen LogP) is 16.0. The molecule has 324 valence electrons. The molecule has 5 nitrogen and oxygen atoms in total. The van der Waals surface area contributed by atoms with E-state index in [-0.39, 0.29) is 5.41 Å². The van der Waals surface area contributed by atoms with E-state index in [1.54, 1.807) is 6.07 Å². The normalized spacial score (nSPS) is 12.7. The quantitative estimate of drug-likeness (QED) is 0.166. The number of aromatic nitrogens is 3. The summed E-state index contributed by atoms with van der Waals surface area (Å²) in [7, 11) is 0. The molecule has 1 spiro atoms. The molecule has 5 heteroatoms. The first-order valence-electron chi connectivity index (χ1n) is 23.5. The van der Waals surface area contributed by atoms with Crippen LogP contribution in [0.4, 0.5) is 0 Å². The first kappa shape index (κ1) is 39.6. The van der Waals surface area contributed by atoms with E-state index >= 15 is 0 Å². The number of hydrogen-bond donors (Lipinski definition) is 0. The average molecular weight is 891 g/mol. The van der Waals surface area contributed by atoms with Crippen molar-refractivity contribution in [2.75, 3.05) is 0 Å². The highest BCUT2D eigenvalue weighted by Crippen LogP contribution is 2.63. The number of furan rings is 1. The molecule has 0 saturated heterocycles. The molecular weight excluding hydrogens is 853 g/mol. The Morgan fingerprint density at radius 3 is 1.23 bits per heavy atom. The van der Waals surface area contributed by atoms with Crippen LogP contribution in [0.5, 0.6) is 0 Å². The topological polar surface area (TPSA) is 75.6 Å². The average Bonchev–Trinajstić information content (AvgIpc) is 4.06. The number of hydrogen-bond acceptors (Lipinski definition) is 5. The van der Waals surface area contributed by atoms with Gasteiger partial charge in [-0.05, 0) is 120 Å². The second-order valence-electron chi connectivity index (χ2n) is 18.2. The van der Waals surface area contributed by atoms with Crippen LogP contribution in [0, 0.1) is 11.3 Å². The van der Waals surface area contributed by atoms with Gasteiger partial charge in [-0.25, -0.2) is 15.0 Å². The molecule has 10 aromatic carbocycles. The zero-order chi connectivity index (χ0) is 46.3. The first-order chi connectivity index (χ1) is 34.6. The molecule has 0 bridgehead atoms. The van der Waals surface area contributed by atoms with Crippen molar-refractivity contribution in [2.45, 2.75) is 5.41 Å². The molecule has 0 atom stereocenters. The lowest BCUT2D eigenvalue weighted by molar-refractivity contribution is 0.669. The van der Waals surface area contributed by atoms with Crippen molar-refractivity contribution in [2.24, 2.45) is 0 Å². The summed E-state index contributed by atoms with van der Waals surface area (Å²) in [4.78, 5) is 15.3. The van der Waals surface area contributed by atoms with E-state index in [0.717, 1.165) is 60.9 Å². The molecule has 0 N–H and O–H groups in total. The van der Waals surface area contributed by atoms with E-state index in [9.17, 15) is 5.26 Å². The first-order valence-corrected chi connectivity index (χ1v) is 23.5. The smallest absolute Gasteiger partial charge is 0.164 e. The highest BCUT2D eigenvalue weighted by molar-refractivity contribution is 6.06. The maximum Gasteiger partial charge on any atom is 0.164 e. The van der Waals surface area contributed by atoms with Gasteiger partial charge in [-0.1, -0.05) is 188 Å². The molecule has 0 unspecified atom stereocenters. The molecule has 2 heterocycles. The van der Waals surface area contributed by atoms with Crippen LogP contribution in [0.1, 0.15) is 27.8 Å². The monoisotopic (exact) mass is 890 g/mol. The lowest BCUT2D eigenvalue weighted by Crippen LogP contribution is -2.25. The fourth-order valence-electron chi connectivity index (χ4n) is 11.1. The van der Waals surface area contributed by atoms with Crippen LogP contribution in [0.25, 0.3) is 112 Å². The Bertz CT molecular complexity index is 4050. The summed E-state index contributed by atoms with van der Waals surface area (Å²) in [5.74, 6) is 1.69. The van der Waals surface area contributed by atoms with E-state index < -0.39 is 0 Å². The summed E-state index contributed by atoms with van der Waals surface area (Å²) in [5.41, 5.74) is 21.7. The van der Waals surface area contributed by atoms with Gasteiger partial charge < -0.3 is 4.42 Å². The van der Waals surface area contributed by atoms with E-state index in [1.165, 1.54) is 55.6 Å². The highest BCUT2D eigenvalue weighted by Gasteiger charge is 2.51.